The lowest BCUT2D eigenvalue weighted by Crippen LogP contribution is -2.35. The molecule has 0 radical (unpaired) electrons. The van der Waals surface area contributed by atoms with Crippen LogP contribution in [0.2, 0.25) is 0 Å². The number of carbonyl (C=O) groups excluding carboxylic acids is 1. The van der Waals surface area contributed by atoms with Crippen LogP contribution in [0.1, 0.15) is 72.2 Å². The van der Waals surface area contributed by atoms with Gasteiger partial charge in [0.25, 0.3) is 10.0 Å². The van der Waals surface area contributed by atoms with E-state index in [4.69, 9.17) is 4.98 Å². The number of sulfonamides is 1. The van der Waals surface area contributed by atoms with Crippen LogP contribution in [0.3, 0.4) is 0 Å². The molecule has 6 nitrogen and oxygen atoms in total. The number of rotatable bonds is 3. The monoisotopic (exact) mass is 431 g/mol. The van der Waals surface area contributed by atoms with Gasteiger partial charge in [0.2, 0.25) is 0 Å². The van der Waals surface area contributed by atoms with E-state index in [1.54, 1.807) is 0 Å². The van der Waals surface area contributed by atoms with Crippen molar-refractivity contribution < 1.29 is 13.2 Å². The van der Waals surface area contributed by atoms with Gasteiger partial charge < -0.3 is 5.32 Å². The van der Waals surface area contributed by atoms with Crippen molar-refractivity contribution in [1.29, 1.82) is 0 Å². The maximum Gasteiger partial charge on any atom is 0.333 e. The van der Waals surface area contributed by atoms with Gasteiger partial charge in [-0.25, -0.2) is 17.9 Å². The molecule has 0 fully saturated rings. The molecule has 2 amide bonds. The number of anilines is 1. The molecule has 2 aromatic rings. The summed E-state index contributed by atoms with van der Waals surface area (Å²) in [5, 5.41) is 4.82. The Hall–Kier alpha value is -1.93. The molecule has 5 rings (SSSR count). The van der Waals surface area contributed by atoms with E-state index in [0.29, 0.717) is 10.1 Å². The van der Waals surface area contributed by atoms with Crippen molar-refractivity contribution in [2.75, 3.05) is 5.32 Å². The second-order valence-corrected chi connectivity index (χ2v) is 11.1. The van der Waals surface area contributed by atoms with Crippen LogP contribution >= 0.6 is 11.3 Å². The van der Waals surface area contributed by atoms with Gasteiger partial charge in [-0.2, -0.15) is 0 Å². The SMILES string of the molecule is CC1CCc2c1nc1c(c2NC(=O)NS(=O)(=O)c2scc3c2CCCC3)CCC1. The fraction of sp³-hybridized carbons (Fsp3) is 0.524. The summed E-state index contributed by atoms with van der Waals surface area (Å²) in [6.07, 6.45) is 8.48. The van der Waals surface area contributed by atoms with Crippen molar-refractivity contribution in [3.8, 4) is 0 Å². The normalized spacial score (nSPS) is 20.1. The molecule has 2 N–H and O–H groups in total. The largest absolute Gasteiger partial charge is 0.333 e. The third-order valence-electron chi connectivity index (χ3n) is 6.43. The second-order valence-electron chi connectivity index (χ2n) is 8.36. The van der Waals surface area contributed by atoms with Crippen LogP contribution in [0.5, 0.6) is 0 Å². The molecule has 0 saturated carbocycles. The summed E-state index contributed by atoms with van der Waals surface area (Å²) in [6.45, 7) is 2.16. The first-order valence-corrected chi connectivity index (χ1v) is 12.8. The highest BCUT2D eigenvalue weighted by Gasteiger charge is 2.31. The molecular formula is C21H25N3O3S2. The summed E-state index contributed by atoms with van der Waals surface area (Å²) in [6, 6.07) is -0.676. The lowest BCUT2D eigenvalue weighted by molar-refractivity contribution is 0.256. The molecule has 2 aromatic heterocycles. The van der Waals surface area contributed by atoms with Gasteiger partial charge in [-0.3, -0.25) is 4.98 Å². The Balaban J connectivity index is 1.42. The highest BCUT2D eigenvalue weighted by atomic mass is 32.2. The number of hydrogen-bond acceptors (Lipinski definition) is 5. The zero-order valence-corrected chi connectivity index (χ0v) is 18.1. The molecule has 154 valence electrons. The van der Waals surface area contributed by atoms with Gasteiger partial charge in [0, 0.05) is 11.4 Å². The Morgan fingerprint density at radius 3 is 2.72 bits per heavy atom. The van der Waals surface area contributed by atoms with Gasteiger partial charge in [-0.15, -0.1) is 11.3 Å². The van der Waals surface area contributed by atoms with Crippen LogP contribution < -0.4 is 10.0 Å². The first kappa shape index (κ1) is 19.1. The van der Waals surface area contributed by atoms with E-state index >= 15 is 0 Å². The Bertz CT molecular complexity index is 1100. The number of hydrogen-bond donors (Lipinski definition) is 2. The summed E-state index contributed by atoms with van der Waals surface area (Å²) in [5.41, 5.74) is 7.09. The molecule has 8 heteroatoms. The fourth-order valence-electron chi connectivity index (χ4n) is 4.97. The fourth-order valence-corrected chi connectivity index (χ4v) is 7.58. The van der Waals surface area contributed by atoms with Gasteiger partial charge in [0.05, 0.1) is 5.69 Å². The molecule has 2 heterocycles. The van der Waals surface area contributed by atoms with Crippen molar-refractivity contribution in [2.45, 2.75) is 74.8 Å². The van der Waals surface area contributed by atoms with Crippen molar-refractivity contribution in [1.82, 2.24) is 9.71 Å². The average Bonchev–Trinajstić information content (AvgIpc) is 3.40. The van der Waals surface area contributed by atoms with E-state index in [-0.39, 0.29) is 0 Å². The van der Waals surface area contributed by atoms with Crippen LogP contribution in [-0.4, -0.2) is 19.4 Å². The molecule has 0 aliphatic heterocycles. The predicted molar refractivity (Wildman–Crippen MR) is 113 cm³/mol. The molecule has 3 aliphatic rings. The van der Waals surface area contributed by atoms with E-state index in [1.807, 2.05) is 5.38 Å². The van der Waals surface area contributed by atoms with Crippen LogP contribution in [0.25, 0.3) is 0 Å². The van der Waals surface area contributed by atoms with E-state index < -0.39 is 16.1 Å². The zero-order valence-electron chi connectivity index (χ0n) is 16.5. The Kier molecular flexibility index (Phi) is 4.66. The van der Waals surface area contributed by atoms with Crippen LogP contribution in [0, 0.1) is 0 Å². The summed E-state index contributed by atoms with van der Waals surface area (Å²) in [5.74, 6) is 0.376. The van der Waals surface area contributed by atoms with Crippen molar-refractivity contribution in [2.24, 2.45) is 0 Å². The van der Waals surface area contributed by atoms with Crippen molar-refractivity contribution in [3.63, 3.8) is 0 Å². The third kappa shape index (κ3) is 3.26. The van der Waals surface area contributed by atoms with Gasteiger partial charge in [-0.05, 0) is 91.3 Å². The van der Waals surface area contributed by atoms with Crippen molar-refractivity contribution in [3.05, 3.63) is 39.0 Å². The highest BCUT2D eigenvalue weighted by molar-refractivity contribution is 7.92. The van der Waals surface area contributed by atoms with E-state index in [1.165, 1.54) is 11.3 Å². The number of nitrogens with one attached hydrogen (secondary N) is 2. The van der Waals surface area contributed by atoms with Gasteiger partial charge in [0.1, 0.15) is 4.21 Å². The number of carbonyl (C=O) groups is 1. The first-order chi connectivity index (χ1) is 13.9. The maximum absolute atomic E-state index is 12.9. The van der Waals surface area contributed by atoms with Crippen molar-refractivity contribution >= 4 is 33.1 Å². The minimum absolute atomic E-state index is 0.293. The summed E-state index contributed by atoms with van der Waals surface area (Å²) in [4.78, 5) is 17.6. The second kappa shape index (κ2) is 7.09. The number of aryl methyl sites for hydroxylation is 2. The minimum atomic E-state index is -3.88. The third-order valence-corrected chi connectivity index (χ3v) is 9.42. The van der Waals surface area contributed by atoms with E-state index in [2.05, 4.69) is 17.0 Å². The van der Waals surface area contributed by atoms with Gasteiger partial charge >= 0.3 is 6.03 Å². The number of thiophene rings is 1. The average molecular weight is 432 g/mol. The number of urea groups is 1. The number of fused-ring (bicyclic) bond motifs is 3. The quantitative estimate of drug-likeness (QED) is 0.767. The molecule has 1 atom stereocenters. The first-order valence-electron chi connectivity index (χ1n) is 10.4. The zero-order chi connectivity index (χ0) is 20.2. The molecule has 0 saturated heterocycles. The summed E-state index contributed by atoms with van der Waals surface area (Å²) < 4.78 is 28.4. The molecule has 0 spiro atoms. The Morgan fingerprint density at radius 1 is 1.07 bits per heavy atom. The molecule has 0 aromatic carbocycles. The van der Waals surface area contributed by atoms with E-state index in [9.17, 15) is 13.2 Å². The Labute approximate surface area is 175 Å². The maximum atomic E-state index is 12.9. The van der Waals surface area contributed by atoms with Gasteiger partial charge in [0.15, 0.2) is 0 Å². The van der Waals surface area contributed by atoms with Gasteiger partial charge in [-0.1, -0.05) is 6.92 Å². The van der Waals surface area contributed by atoms with E-state index in [0.717, 1.165) is 97.1 Å². The number of amides is 2. The molecular weight excluding hydrogens is 406 g/mol. The topological polar surface area (TPSA) is 88.2 Å². The smallest absolute Gasteiger partial charge is 0.306 e. The van der Waals surface area contributed by atoms with Crippen LogP contribution in [0.15, 0.2) is 9.59 Å². The standard InChI is InChI=1S/C21H25N3O3S2/c1-12-9-10-16-18(12)22-17-8-4-7-15(17)19(16)23-21(25)24-29(26,27)20-14-6-3-2-5-13(14)11-28-20/h11-12H,2-10H2,1H3,(H2,22,23,24,25). The molecule has 0 bridgehead atoms. The molecule has 3 aliphatic carbocycles. The predicted octanol–water partition coefficient (Wildman–Crippen LogP) is 4.07. The number of nitrogens with zero attached hydrogens (tertiary/aromatic N) is 1. The Morgan fingerprint density at radius 2 is 1.86 bits per heavy atom. The highest BCUT2D eigenvalue weighted by Crippen LogP contribution is 2.41. The summed E-state index contributed by atoms with van der Waals surface area (Å²) in [7, 11) is -3.88. The van der Waals surface area contributed by atoms with Crippen LogP contribution in [-0.2, 0) is 42.1 Å². The number of pyridine rings is 1. The molecule has 1 unspecified atom stereocenters. The lowest BCUT2D eigenvalue weighted by Gasteiger charge is -2.17. The lowest BCUT2D eigenvalue weighted by atomic mass is 9.96. The molecule has 29 heavy (non-hydrogen) atoms. The summed E-state index contributed by atoms with van der Waals surface area (Å²) >= 11 is 1.22. The minimum Gasteiger partial charge on any atom is -0.306 e. The van der Waals surface area contributed by atoms with Crippen LogP contribution in [0.4, 0.5) is 10.5 Å². The number of aromatic nitrogens is 1.